The fraction of sp³-hybridized carbons (Fsp3) is 0. The fourth-order valence-electron chi connectivity index (χ4n) is 2.53. The average Bonchev–Trinajstić information content (AvgIpc) is 3.08. The molecule has 5 nitrogen and oxygen atoms in total. The van der Waals surface area contributed by atoms with E-state index >= 15 is 0 Å². The maximum atomic E-state index is 10.9. The smallest absolute Gasteiger partial charge is 0.335 e. The molecule has 122 valence electrons. The van der Waals surface area contributed by atoms with Crippen LogP contribution in [0.2, 0.25) is 0 Å². The molecule has 25 heavy (non-hydrogen) atoms. The second-order valence-electron chi connectivity index (χ2n) is 5.43. The van der Waals surface area contributed by atoms with E-state index in [-0.39, 0.29) is 5.56 Å². The summed E-state index contributed by atoms with van der Waals surface area (Å²) >= 11 is 1.61. The number of carbonyl (C=O) groups is 1. The minimum Gasteiger partial charge on any atom is -0.478 e. The van der Waals surface area contributed by atoms with Crippen molar-refractivity contribution >= 4 is 39.0 Å². The molecule has 0 radical (unpaired) electrons. The van der Waals surface area contributed by atoms with Crippen LogP contribution in [-0.4, -0.2) is 21.0 Å². The van der Waals surface area contributed by atoms with Crippen molar-refractivity contribution in [2.45, 2.75) is 0 Å². The average molecular weight is 347 g/mol. The molecule has 0 aliphatic heterocycles. The summed E-state index contributed by atoms with van der Waals surface area (Å²) in [7, 11) is 0. The summed E-state index contributed by atoms with van der Waals surface area (Å²) in [6.45, 7) is 0. The quantitative estimate of drug-likeness (QED) is 0.554. The van der Waals surface area contributed by atoms with Crippen molar-refractivity contribution in [1.29, 1.82) is 0 Å². The number of benzene rings is 2. The second-order valence-corrected chi connectivity index (χ2v) is 6.46. The molecule has 0 fully saturated rings. The summed E-state index contributed by atoms with van der Waals surface area (Å²) in [4.78, 5) is 21.7. The summed E-state index contributed by atoms with van der Waals surface area (Å²) in [6, 6.07) is 18.8. The Labute approximate surface area is 147 Å². The number of fused-ring (bicyclic) bond motifs is 1. The molecule has 2 aromatic heterocycles. The lowest BCUT2D eigenvalue weighted by Gasteiger charge is -2.06. The van der Waals surface area contributed by atoms with Crippen LogP contribution in [0.25, 0.3) is 20.7 Å². The van der Waals surface area contributed by atoms with Crippen LogP contribution in [0, 0.1) is 0 Å². The molecule has 4 rings (SSSR count). The summed E-state index contributed by atoms with van der Waals surface area (Å²) in [5, 5.41) is 13.2. The topological polar surface area (TPSA) is 75.1 Å². The van der Waals surface area contributed by atoms with Gasteiger partial charge < -0.3 is 10.4 Å². The number of aromatic nitrogens is 2. The molecule has 0 saturated heterocycles. The molecule has 0 amide bonds. The molecule has 0 aliphatic rings. The Bertz CT molecular complexity index is 1040. The van der Waals surface area contributed by atoms with Gasteiger partial charge >= 0.3 is 5.97 Å². The van der Waals surface area contributed by atoms with Gasteiger partial charge in [-0.25, -0.2) is 14.8 Å². The van der Waals surface area contributed by atoms with Gasteiger partial charge in [-0.1, -0.05) is 30.3 Å². The van der Waals surface area contributed by atoms with Crippen molar-refractivity contribution < 1.29 is 9.90 Å². The molecule has 0 saturated carbocycles. The highest BCUT2D eigenvalue weighted by molar-refractivity contribution is 7.21. The molecule has 0 atom stereocenters. The monoisotopic (exact) mass is 347 g/mol. The van der Waals surface area contributed by atoms with Crippen LogP contribution >= 0.6 is 11.3 Å². The van der Waals surface area contributed by atoms with E-state index in [1.807, 2.05) is 18.2 Å². The molecule has 4 aromatic rings. The van der Waals surface area contributed by atoms with Crippen molar-refractivity contribution in [3.8, 4) is 10.4 Å². The van der Waals surface area contributed by atoms with E-state index in [0.717, 1.165) is 26.3 Å². The highest BCUT2D eigenvalue weighted by Crippen LogP contribution is 2.35. The lowest BCUT2D eigenvalue weighted by Crippen LogP contribution is -1.98. The molecule has 6 heteroatoms. The Balaban J connectivity index is 1.70. The third kappa shape index (κ3) is 3.07. The standard InChI is InChI=1S/C19H13N3O2S/c23-19(24)13-6-8-14(9-7-13)22-17-15-10-16(12-4-2-1-3-5-12)25-18(15)21-11-20-17/h1-11H,(H,23,24)(H,20,21,22). The van der Waals surface area contributed by atoms with Gasteiger partial charge in [0.25, 0.3) is 0 Å². The first-order valence-corrected chi connectivity index (χ1v) is 8.43. The minimum absolute atomic E-state index is 0.250. The number of nitrogens with zero attached hydrogens (tertiary/aromatic N) is 2. The number of aromatic carboxylic acids is 1. The first kappa shape index (κ1) is 15.3. The van der Waals surface area contributed by atoms with E-state index in [2.05, 4.69) is 33.5 Å². The summed E-state index contributed by atoms with van der Waals surface area (Å²) < 4.78 is 0. The summed E-state index contributed by atoms with van der Waals surface area (Å²) in [5.74, 6) is -0.243. The van der Waals surface area contributed by atoms with E-state index in [4.69, 9.17) is 5.11 Å². The van der Waals surface area contributed by atoms with Crippen LogP contribution in [0.15, 0.2) is 67.0 Å². The second kappa shape index (κ2) is 6.33. The molecular formula is C19H13N3O2S. The summed E-state index contributed by atoms with van der Waals surface area (Å²) in [6.07, 6.45) is 1.53. The molecule has 2 N–H and O–H groups in total. The van der Waals surface area contributed by atoms with Crippen LogP contribution in [0.3, 0.4) is 0 Å². The van der Waals surface area contributed by atoms with Crippen LogP contribution < -0.4 is 5.32 Å². The van der Waals surface area contributed by atoms with Gasteiger partial charge in [0.2, 0.25) is 0 Å². The maximum absolute atomic E-state index is 10.9. The highest BCUT2D eigenvalue weighted by Gasteiger charge is 2.10. The van der Waals surface area contributed by atoms with E-state index in [1.54, 1.807) is 35.6 Å². The Morgan fingerprint density at radius 1 is 1.00 bits per heavy atom. The third-order valence-corrected chi connectivity index (χ3v) is 4.87. The van der Waals surface area contributed by atoms with E-state index in [9.17, 15) is 4.79 Å². The molecule has 0 unspecified atom stereocenters. The zero-order valence-electron chi connectivity index (χ0n) is 13.0. The molecule has 0 aliphatic carbocycles. The zero-order valence-corrected chi connectivity index (χ0v) is 13.8. The van der Waals surface area contributed by atoms with Crippen LogP contribution in [0.4, 0.5) is 11.5 Å². The third-order valence-electron chi connectivity index (χ3n) is 3.78. The summed E-state index contributed by atoms with van der Waals surface area (Å²) in [5.41, 5.74) is 2.17. The number of carboxylic acid groups (broad SMARTS) is 1. The van der Waals surface area contributed by atoms with E-state index in [1.165, 1.54) is 6.33 Å². The lowest BCUT2D eigenvalue weighted by molar-refractivity contribution is 0.0697. The van der Waals surface area contributed by atoms with Gasteiger partial charge in [-0.3, -0.25) is 0 Å². The number of thiophene rings is 1. The van der Waals surface area contributed by atoms with Gasteiger partial charge in [0, 0.05) is 10.6 Å². The fourth-order valence-corrected chi connectivity index (χ4v) is 3.54. The number of nitrogens with one attached hydrogen (secondary N) is 1. The van der Waals surface area contributed by atoms with Gasteiger partial charge in [0.15, 0.2) is 0 Å². The van der Waals surface area contributed by atoms with Gasteiger partial charge in [-0.05, 0) is 35.9 Å². The number of hydrogen-bond donors (Lipinski definition) is 2. The van der Waals surface area contributed by atoms with Crippen LogP contribution in [-0.2, 0) is 0 Å². The number of hydrogen-bond acceptors (Lipinski definition) is 5. The Kier molecular flexibility index (Phi) is 3.87. The van der Waals surface area contributed by atoms with E-state index < -0.39 is 5.97 Å². The van der Waals surface area contributed by atoms with E-state index in [0.29, 0.717) is 5.82 Å². The first-order chi connectivity index (χ1) is 12.2. The van der Waals surface area contributed by atoms with Gasteiger partial charge in [0.05, 0.1) is 10.9 Å². The Hall–Kier alpha value is -3.25. The zero-order chi connectivity index (χ0) is 17.2. The molecular weight excluding hydrogens is 334 g/mol. The number of rotatable bonds is 4. The van der Waals surface area contributed by atoms with Crippen molar-refractivity contribution in [3.63, 3.8) is 0 Å². The SMILES string of the molecule is O=C(O)c1ccc(Nc2ncnc3sc(-c4ccccc4)cc23)cc1. The van der Waals surface area contributed by atoms with Crippen molar-refractivity contribution in [2.75, 3.05) is 5.32 Å². The number of carboxylic acids is 1. The van der Waals surface area contributed by atoms with Gasteiger partial charge in [-0.2, -0.15) is 0 Å². The van der Waals surface area contributed by atoms with Crippen molar-refractivity contribution in [2.24, 2.45) is 0 Å². The lowest BCUT2D eigenvalue weighted by atomic mass is 10.2. The minimum atomic E-state index is -0.943. The molecule has 2 aromatic carbocycles. The maximum Gasteiger partial charge on any atom is 0.335 e. The van der Waals surface area contributed by atoms with Crippen LogP contribution in [0.5, 0.6) is 0 Å². The predicted molar refractivity (Wildman–Crippen MR) is 99.5 cm³/mol. The first-order valence-electron chi connectivity index (χ1n) is 7.61. The predicted octanol–water partition coefficient (Wildman–Crippen LogP) is 4.80. The molecule has 0 bridgehead atoms. The molecule has 0 spiro atoms. The van der Waals surface area contributed by atoms with Gasteiger partial charge in [0.1, 0.15) is 17.0 Å². The Morgan fingerprint density at radius 3 is 2.48 bits per heavy atom. The normalized spacial score (nSPS) is 10.7. The number of anilines is 2. The van der Waals surface area contributed by atoms with Crippen molar-refractivity contribution in [1.82, 2.24) is 9.97 Å². The van der Waals surface area contributed by atoms with Crippen LogP contribution in [0.1, 0.15) is 10.4 Å². The Morgan fingerprint density at radius 2 is 1.76 bits per heavy atom. The largest absolute Gasteiger partial charge is 0.478 e. The van der Waals surface area contributed by atoms with Gasteiger partial charge in [-0.15, -0.1) is 11.3 Å². The highest BCUT2D eigenvalue weighted by atomic mass is 32.1. The van der Waals surface area contributed by atoms with Crippen molar-refractivity contribution in [3.05, 3.63) is 72.6 Å². The molecule has 2 heterocycles.